The lowest BCUT2D eigenvalue weighted by molar-refractivity contribution is -0.117. The second kappa shape index (κ2) is 6.74. The standard InChI is InChI=1S/C17H21N5O2/c1-12-10-15(21(2)20-12)19-16(23)11-18-13-5-7-14(8-6-13)22-9-3-4-17(22)24/h5-8,10,18H,3-4,9,11H2,1-2H3,(H,19,23). The number of benzene rings is 1. The molecule has 0 aliphatic carbocycles. The van der Waals surface area contributed by atoms with Crippen molar-refractivity contribution in [1.82, 2.24) is 9.78 Å². The number of nitrogens with one attached hydrogen (secondary N) is 2. The first kappa shape index (κ1) is 16.0. The first-order valence-corrected chi connectivity index (χ1v) is 7.98. The molecular weight excluding hydrogens is 306 g/mol. The highest BCUT2D eigenvalue weighted by molar-refractivity contribution is 5.95. The Morgan fingerprint density at radius 3 is 2.62 bits per heavy atom. The SMILES string of the molecule is Cc1cc(NC(=O)CNc2ccc(N3CCCC3=O)cc2)n(C)n1. The Bertz CT molecular complexity index is 751. The number of amides is 2. The van der Waals surface area contributed by atoms with Crippen LogP contribution >= 0.6 is 0 Å². The second-order valence-corrected chi connectivity index (χ2v) is 5.89. The van der Waals surface area contributed by atoms with Gasteiger partial charge in [-0.15, -0.1) is 0 Å². The summed E-state index contributed by atoms with van der Waals surface area (Å²) in [5.41, 5.74) is 2.59. The number of aromatic nitrogens is 2. The monoisotopic (exact) mass is 327 g/mol. The predicted molar refractivity (Wildman–Crippen MR) is 93.1 cm³/mol. The van der Waals surface area contributed by atoms with Crippen molar-refractivity contribution >= 4 is 29.0 Å². The van der Waals surface area contributed by atoms with Gasteiger partial charge in [0, 0.05) is 37.5 Å². The van der Waals surface area contributed by atoms with E-state index in [2.05, 4.69) is 15.7 Å². The molecule has 3 rings (SSSR count). The zero-order valence-electron chi connectivity index (χ0n) is 13.9. The molecule has 7 nitrogen and oxygen atoms in total. The van der Waals surface area contributed by atoms with Crippen LogP contribution < -0.4 is 15.5 Å². The van der Waals surface area contributed by atoms with E-state index in [1.54, 1.807) is 16.6 Å². The molecule has 0 bridgehead atoms. The molecule has 2 N–H and O–H groups in total. The second-order valence-electron chi connectivity index (χ2n) is 5.89. The summed E-state index contributed by atoms with van der Waals surface area (Å²) in [6.07, 6.45) is 1.53. The van der Waals surface area contributed by atoms with Crippen molar-refractivity contribution in [2.24, 2.45) is 7.05 Å². The summed E-state index contributed by atoms with van der Waals surface area (Å²) in [4.78, 5) is 25.5. The lowest BCUT2D eigenvalue weighted by atomic mass is 10.2. The van der Waals surface area contributed by atoms with Gasteiger partial charge in [-0.2, -0.15) is 5.10 Å². The number of hydrogen-bond acceptors (Lipinski definition) is 4. The van der Waals surface area contributed by atoms with E-state index in [0.29, 0.717) is 12.2 Å². The van der Waals surface area contributed by atoms with Crippen LogP contribution in [0.4, 0.5) is 17.2 Å². The molecule has 126 valence electrons. The van der Waals surface area contributed by atoms with Crippen molar-refractivity contribution in [3.8, 4) is 0 Å². The quantitative estimate of drug-likeness (QED) is 0.879. The number of nitrogens with zero attached hydrogens (tertiary/aromatic N) is 3. The van der Waals surface area contributed by atoms with Crippen molar-refractivity contribution in [3.05, 3.63) is 36.0 Å². The molecule has 1 fully saturated rings. The number of carbonyl (C=O) groups excluding carboxylic acids is 2. The lowest BCUT2D eigenvalue weighted by Gasteiger charge is -2.16. The highest BCUT2D eigenvalue weighted by Crippen LogP contribution is 2.22. The normalized spacial score (nSPS) is 14.1. The third-order valence-corrected chi connectivity index (χ3v) is 3.97. The van der Waals surface area contributed by atoms with Crippen molar-refractivity contribution in [3.63, 3.8) is 0 Å². The molecule has 0 atom stereocenters. The van der Waals surface area contributed by atoms with Gasteiger partial charge < -0.3 is 15.5 Å². The summed E-state index contributed by atoms with van der Waals surface area (Å²) < 4.78 is 1.63. The maximum Gasteiger partial charge on any atom is 0.244 e. The van der Waals surface area contributed by atoms with Crippen molar-refractivity contribution in [1.29, 1.82) is 0 Å². The maximum absolute atomic E-state index is 12.0. The Morgan fingerprint density at radius 2 is 2.04 bits per heavy atom. The molecule has 1 aliphatic heterocycles. The molecule has 1 aliphatic rings. The van der Waals surface area contributed by atoms with Gasteiger partial charge in [-0.05, 0) is 37.6 Å². The van der Waals surface area contributed by atoms with E-state index < -0.39 is 0 Å². The molecule has 2 aromatic rings. The Balaban J connectivity index is 1.53. The van der Waals surface area contributed by atoms with E-state index in [1.807, 2.05) is 37.3 Å². The topological polar surface area (TPSA) is 79.3 Å². The summed E-state index contributed by atoms with van der Waals surface area (Å²) in [5, 5.41) is 10.1. The van der Waals surface area contributed by atoms with Crippen molar-refractivity contribution in [2.75, 3.05) is 28.6 Å². The molecule has 2 amide bonds. The molecule has 2 heterocycles. The molecule has 0 unspecified atom stereocenters. The molecule has 0 saturated carbocycles. The van der Waals surface area contributed by atoms with E-state index in [9.17, 15) is 9.59 Å². The fourth-order valence-electron chi connectivity index (χ4n) is 2.78. The van der Waals surface area contributed by atoms with Crippen LogP contribution in [0.1, 0.15) is 18.5 Å². The molecule has 1 saturated heterocycles. The Labute approximate surface area is 140 Å². The van der Waals surface area contributed by atoms with E-state index >= 15 is 0 Å². The average Bonchev–Trinajstić information content (AvgIpc) is 3.11. The summed E-state index contributed by atoms with van der Waals surface area (Å²) in [5.74, 6) is 0.695. The van der Waals surface area contributed by atoms with Gasteiger partial charge in [-0.25, -0.2) is 0 Å². The van der Waals surface area contributed by atoms with Gasteiger partial charge in [0.25, 0.3) is 0 Å². The van der Waals surface area contributed by atoms with Crippen LogP contribution in [0, 0.1) is 6.92 Å². The van der Waals surface area contributed by atoms with Crippen LogP contribution in [0.2, 0.25) is 0 Å². The van der Waals surface area contributed by atoms with E-state index in [4.69, 9.17) is 0 Å². The number of aryl methyl sites for hydroxylation is 2. The minimum absolute atomic E-state index is 0.142. The molecule has 24 heavy (non-hydrogen) atoms. The minimum Gasteiger partial charge on any atom is -0.376 e. The minimum atomic E-state index is -0.142. The largest absolute Gasteiger partial charge is 0.376 e. The Hall–Kier alpha value is -2.83. The van der Waals surface area contributed by atoms with E-state index in [-0.39, 0.29) is 18.4 Å². The van der Waals surface area contributed by atoms with Crippen LogP contribution in [-0.2, 0) is 16.6 Å². The number of carbonyl (C=O) groups is 2. The zero-order valence-corrected chi connectivity index (χ0v) is 13.9. The summed E-state index contributed by atoms with van der Waals surface area (Å²) in [6, 6.07) is 9.37. The Morgan fingerprint density at radius 1 is 1.29 bits per heavy atom. The number of rotatable bonds is 5. The van der Waals surface area contributed by atoms with E-state index in [1.165, 1.54) is 0 Å². The van der Waals surface area contributed by atoms with Crippen molar-refractivity contribution in [2.45, 2.75) is 19.8 Å². The van der Waals surface area contributed by atoms with Crippen molar-refractivity contribution < 1.29 is 9.59 Å². The fraction of sp³-hybridized carbons (Fsp3) is 0.353. The highest BCUT2D eigenvalue weighted by atomic mass is 16.2. The zero-order chi connectivity index (χ0) is 17.1. The molecule has 0 spiro atoms. The third-order valence-electron chi connectivity index (χ3n) is 3.97. The maximum atomic E-state index is 12.0. The molecule has 0 radical (unpaired) electrons. The van der Waals surface area contributed by atoms with Crippen LogP contribution in [0.15, 0.2) is 30.3 Å². The van der Waals surface area contributed by atoms with Gasteiger partial charge in [0.15, 0.2) is 0 Å². The summed E-state index contributed by atoms with van der Waals surface area (Å²) in [6.45, 7) is 2.81. The molecule has 1 aromatic heterocycles. The van der Waals surface area contributed by atoms with Crippen LogP contribution in [0.25, 0.3) is 0 Å². The fourth-order valence-corrected chi connectivity index (χ4v) is 2.78. The van der Waals surface area contributed by atoms with Gasteiger partial charge in [-0.3, -0.25) is 14.3 Å². The predicted octanol–water partition coefficient (Wildman–Crippen LogP) is 1.91. The first-order chi connectivity index (χ1) is 11.5. The van der Waals surface area contributed by atoms with Gasteiger partial charge in [0.2, 0.25) is 11.8 Å². The summed E-state index contributed by atoms with van der Waals surface area (Å²) in [7, 11) is 1.79. The van der Waals surface area contributed by atoms with Crippen LogP contribution in [0.5, 0.6) is 0 Å². The van der Waals surface area contributed by atoms with Gasteiger partial charge >= 0.3 is 0 Å². The summed E-state index contributed by atoms with van der Waals surface area (Å²) >= 11 is 0. The van der Waals surface area contributed by atoms with Gasteiger partial charge in [-0.1, -0.05) is 0 Å². The van der Waals surface area contributed by atoms with Gasteiger partial charge in [0.05, 0.1) is 12.2 Å². The number of hydrogen-bond donors (Lipinski definition) is 2. The molecular formula is C17H21N5O2. The number of anilines is 3. The molecule has 7 heteroatoms. The van der Waals surface area contributed by atoms with E-state index in [0.717, 1.165) is 30.0 Å². The lowest BCUT2D eigenvalue weighted by Crippen LogP contribution is -2.24. The van der Waals surface area contributed by atoms with Crippen LogP contribution in [-0.4, -0.2) is 34.7 Å². The third kappa shape index (κ3) is 3.56. The average molecular weight is 327 g/mol. The Kier molecular flexibility index (Phi) is 4.50. The van der Waals surface area contributed by atoms with Gasteiger partial charge in [0.1, 0.15) is 5.82 Å². The molecule has 1 aromatic carbocycles. The highest BCUT2D eigenvalue weighted by Gasteiger charge is 2.21. The smallest absolute Gasteiger partial charge is 0.244 e. The van der Waals surface area contributed by atoms with Crippen LogP contribution in [0.3, 0.4) is 0 Å². The first-order valence-electron chi connectivity index (χ1n) is 7.98.